The molecule has 1 rings (SSSR count). The number of hydrogen-bond donors (Lipinski definition) is 1. The van der Waals surface area contributed by atoms with E-state index in [0.717, 1.165) is 0 Å². The Labute approximate surface area is 102 Å². The Morgan fingerprint density at radius 3 is 3.19 bits per heavy atom. The molecule has 0 spiro atoms. The Morgan fingerprint density at radius 2 is 2.62 bits per heavy atom. The summed E-state index contributed by atoms with van der Waals surface area (Å²) in [5, 5.41) is 8.14. The average Bonchev–Trinajstić information content (AvgIpc) is 2.70. The lowest BCUT2D eigenvalue weighted by atomic mass is 10.3. The number of halogens is 1. The Hall–Kier alpha value is -1.40. The van der Waals surface area contributed by atoms with Crippen LogP contribution in [0.25, 0.3) is 0 Å². The van der Waals surface area contributed by atoms with Crippen LogP contribution in [0.3, 0.4) is 0 Å². The molecule has 0 radical (unpaired) electrons. The zero-order valence-electron chi connectivity index (χ0n) is 8.57. The number of nitrogens with zero attached hydrogens (tertiary/aromatic N) is 2. The number of carbonyl (C=O) groups is 1. The number of rotatable bonds is 6. The second-order valence-electron chi connectivity index (χ2n) is 2.60. The molecule has 0 bridgehead atoms. The van der Waals surface area contributed by atoms with Crippen molar-refractivity contribution in [1.82, 2.24) is 4.98 Å². The van der Waals surface area contributed by atoms with Crippen molar-refractivity contribution < 1.29 is 9.63 Å². The first kappa shape index (κ1) is 12.7. The second-order valence-corrected chi connectivity index (χ2v) is 3.81. The van der Waals surface area contributed by atoms with Crippen molar-refractivity contribution in [2.24, 2.45) is 5.16 Å². The highest BCUT2D eigenvalue weighted by atomic mass is 35.5. The molecule has 0 saturated heterocycles. The Bertz CT molecular complexity index is 417. The number of nitrogens with one attached hydrogen (secondary N) is 1. The minimum absolute atomic E-state index is 0.00734. The van der Waals surface area contributed by atoms with Gasteiger partial charge in [-0.3, -0.25) is 4.79 Å². The smallest absolute Gasteiger partial charge is 0.276 e. The minimum atomic E-state index is -0.706. The van der Waals surface area contributed by atoms with Gasteiger partial charge in [-0.1, -0.05) is 11.2 Å². The van der Waals surface area contributed by atoms with Gasteiger partial charge < -0.3 is 10.2 Å². The number of aromatic nitrogens is 1. The van der Waals surface area contributed by atoms with Crippen molar-refractivity contribution in [2.45, 2.75) is 0 Å². The summed E-state index contributed by atoms with van der Waals surface area (Å²) in [4.78, 5) is 19.7. The third kappa shape index (κ3) is 3.32. The molecule has 16 heavy (non-hydrogen) atoms. The van der Waals surface area contributed by atoms with Crippen molar-refractivity contribution in [3.8, 4) is 0 Å². The molecule has 0 aliphatic rings. The van der Waals surface area contributed by atoms with Crippen LogP contribution >= 0.6 is 22.9 Å². The normalized spacial score (nSPS) is 11.0. The van der Waals surface area contributed by atoms with E-state index in [1.54, 1.807) is 11.5 Å². The zero-order chi connectivity index (χ0) is 12.0. The third-order valence-electron chi connectivity index (χ3n) is 1.51. The zero-order valence-corrected chi connectivity index (χ0v) is 10.1. The first-order valence-corrected chi connectivity index (χ1v) is 5.56. The molecule has 86 valence electrons. The van der Waals surface area contributed by atoms with Gasteiger partial charge in [0.15, 0.2) is 10.8 Å². The molecular weight excluding hydrogens is 250 g/mol. The third-order valence-corrected chi connectivity index (χ3v) is 2.49. The molecule has 0 atom stereocenters. The van der Waals surface area contributed by atoms with Crippen molar-refractivity contribution in [3.05, 3.63) is 23.7 Å². The van der Waals surface area contributed by atoms with E-state index in [1.165, 1.54) is 18.4 Å². The Morgan fingerprint density at radius 1 is 1.88 bits per heavy atom. The molecule has 1 aromatic rings. The monoisotopic (exact) mass is 259 g/mol. The fourth-order valence-electron chi connectivity index (χ4n) is 0.898. The van der Waals surface area contributed by atoms with Crippen LogP contribution in [0.15, 0.2) is 23.2 Å². The summed E-state index contributed by atoms with van der Waals surface area (Å²) in [7, 11) is 1.34. The number of anilines is 1. The maximum atomic E-state index is 11.0. The summed E-state index contributed by atoms with van der Waals surface area (Å²) < 4.78 is 0. The molecule has 0 aromatic carbocycles. The summed E-state index contributed by atoms with van der Waals surface area (Å²) in [5.74, 6) is 0. The molecule has 7 heteroatoms. The standard InChI is InChI=1S/C9H10ClN3O2S/c1-3-4-11-9-12-6(5-16-9)7(8(10)14)13-15-2/h3,5H,1,4H2,2H3,(H,11,12). The lowest BCUT2D eigenvalue weighted by Gasteiger charge is -1.96. The fourth-order valence-corrected chi connectivity index (χ4v) is 1.73. The molecule has 0 fully saturated rings. The Kier molecular flexibility index (Phi) is 4.94. The van der Waals surface area contributed by atoms with Crippen LogP contribution in [0.2, 0.25) is 0 Å². The van der Waals surface area contributed by atoms with E-state index in [1.807, 2.05) is 0 Å². The van der Waals surface area contributed by atoms with Crippen molar-refractivity contribution in [3.63, 3.8) is 0 Å². The molecule has 5 nitrogen and oxygen atoms in total. The van der Waals surface area contributed by atoms with Gasteiger partial charge in [-0.15, -0.1) is 17.9 Å². The number of hydrogen-bond acceptors (Lipinski definition) is 6. The van der Waals surface area contributed by atoms with Crippen LogP contribution in [0, 0.1) is 0 Å². The summed E-state index contributed by atoms with van der Waals surface area (Å²) >= 11 is 6.69. The van der Waals surface area contributed by atoms with Gasteiger partial charge in [-0.2, -0.15) is 0 Å². The Balaban J connectivity index is 2.86. The van der Waals surface area contributed by atoms with Gasteiger partial charge in [0.2, 0.25) is 0 Å². The van der Waals surface area contributed by atoms with Gasteiger partial charge in [-0.05, 0) is 11.6 Å². The van der Waals surface area contributed by atoms with Crippen molar-refractivity contribution >= 4 is 39.0 Å². The molecule has 1 N–H and O–H groups in total. The first-order valence-electron chi connectivity index (χ1n) is 4.30. The average molecular weight is 260 g/mol. The molecular formula is C9H10ClN3O2S. The van der Waals surface area contributed by atoms with E-state index < -0.39 is 5.24 Å². The van der Waals surface area contributed by atoms with Crippen molar-refractivity contribution in [2.75, 3.05) is 19.0 Å². The SMILES string of the molecule is C=CCNc1nc(C(=NOC)C(=O)Cl)cs1. The van der Waals surface area contributed by atoms with Crippen LogP contribution in [-0.2, 0) is 9.63 Å². The number of carbonyl (C=O) groups excluding carboxylic acids is 1. The van der Waals surface area contributed by atoms with E-state index in [-0.39, 0.29) is 5.71 Å². The largest absolute Gasteiger partial charge is 0.398 e. The van der Waals surface area contributed by atoms with Gasteiger partial charge in [-0.25, -0.2) is 4.98 Å². The molecule has 0 amide bonds. The van der Waals surface area contributed by atoms with E-state index in [9.17, 15) is 4.79 Å². The molecule has 0 aliphatic heterocycles. The molecule has 0 aliphatic carbocycles. The summed E-state index contributed by atoms with van der Waals surface area (Å²) in [6, 6.07) is 0. The minimum Gasteiger partial charge on any atom is -0.398 e. The predicted molar refractivity (Wildman–Crippen MR) is 65.2 cm³/mol. The second kappa shape index (κ2) is 6.24. The maximum absolute atomic E-state index is 11.0. The fraction of sp³-hybridized carbons (Fsp3) is 0.222. The van der Waals surface area contributed by atoms with Gasteiger partial charge >= 0.3 is 0 Å². The predicted octanol–water partition coefficient (Wildman–Crippen LogP) is 1.86. The van der Waals surface area contributed by atoms with Crippen LogP contribution < -0.4 is 5.32 Å². The number of oxime groups is 1. The number of thiazole rings is 1. The van der Waals surface area contributed by atoms with Gasteiger partial charge in [0.1, 0.15) is 12.8 Å². The van der Waals surface area contributed by atoms with Gasteiger partial charge in [0, 0.05) is 11.9 Å². The highest BCUT2D eigenvalue weighted by molar-refractivity contribution is 7.14. The van der Waals surface area contributed by atoms with Crippen LogP contribution in [0.5, 0.6) is 0 Å². The van der Waals surface area contributed by atoms with Crippen molar-refractivity contribution in [1.29, 1.82) is 0 Å². The highest BCUT2D eigenvalue weighted by Gasteiger charge is 2.16. The maximum Gasteiger partial charge on any atom is 0.276 e. The van der Waals surface area contributed by atoms with Crippen LogP contribution in [-0.4, -0.2) is 29.6 Å². The lowest BCUT2D eigenvalue weighted by molar-refractivity contribution is -0.106. The molecule has 1 aromatic heterocycles. The van der Waals surface area contributed by atoms with Crippen LogP contribution in [0.1, 0.15) is 5.69 Å². The topological polar surface area (TPSA) is 63.6 Å². The van der Waals surface area contributed by atoms with Gasteiger partial charge in [0.25, 0.3) is 5.24 Å². The first-order chi connectivity index (χ1) is 7.69. The molecule has 0 unspecified atom stereocenters. The quantitative estimate of drug-likeness (QED) is 0.367. The lowest BCUT2D eigenvalue weighted by Crippen LogP contribution is -2.10. The molecule has 1 heterocycles. The highest BCUT2D eigenvalue weighted by Crippen LogP contribution is 2.16. The summed E-state index contributed by atoms with van der Waals surface area (Å²) in [6.07, 6.45) is 1.71. The van der Waals surface area contributed by atoms with E-state index in [2.05, 4.69) is 26.9 Å². The summed E-state index contributed by atoms with van der Waals surface area (Å²) in [5.41, 5.74) is 0.380. The van der Waals surface area contributed by atoms with Crippen LogP contribution in [0.4, 0.5) is 5.13 Å². The van der Waals surface area contributed by atoms with E-state index in [4.69, 9.17) is 11.6 Å². The van der Waals surface area contributed by atoms with Gasteiger partial charge in [0.05, 0.1) is 0 Å². The molecule has 0 saturated carbocycles. The summed E-state index contributed by atoms with van der Waals surface area (Å²) in [6.45, 7) is 4.17. The van der Waals surface area contributed by atoms with E-state index >= 15 is 0 Å². The van der Waals surface area contributed by atoms with E-state index in [0.29, 0.717) is 17.4 Å².